The number of esters is 1. The second kappa shape index (κ2) is 7.26. The van der Waals surface area contributed by atoms with Crippen molar-refractivity contribution in [2.45, 2.75) is 39.2 Å². The third-order valence-electron chi connectivity index (χ3n) is 3.83. The average Bonchev–Trinajstić information content (AvgIpc) is 2.40. The summed E-state index contributed by atoms with van der Waals surface area (Å²) in [7, 11) is 0.470. The van der Waals surface area contributed by atoms with Crippen molar-refractivity contribution in [3.8, 4) is 0 Å². The molecule has 3 aliphatic rings. The Labute approximate surface area is 121 Å². The molecule has 0 N–H and O–H groups in total. The fourth-order valence-electron chi connectivity index (χ4n) is 2.31. The summed E-state index contributed by atoms with van der Waals surface area (Å²) in [4.78, 5) is 14.5. The van der Waals surface area contributed by atoms with Gasteiger partial charge < -0.3 is 14.2 Å². The molecule has 2 bridgehead atoms. The molecule has 19 heavy (non-hydrogen) atoms. The number of fused-ring (bicyclic) bond motifs is 11. The number of carbonyl (C=O) groups excluding carboxylic acids is 1. The first-order chi connectivity index (χ1) is 9.08. The zero-order valence-corrected chi connectivity index (χ0v) is 13.6. The molecule has 1 unspecified atom stereocenters. The van der Waals surface area contributed by atoms with Crippen molar-refractivity contribution in [1.29, 1.82) is 0 Å². The Morgan fingerprint density at radius 2 is 2.05 bits per heavy atom. The SMILES string of the molecule is CC1(C)CCN2CCC(CC2)OPSCCOC1=O. The molecule has 3 heterocycles. The molecule has 110 valence electrons. The van der Waals surface area contributed by atoms with Gasteiger partial charge in [0.05, 0.1) is 19.5 Å². The van der Waals surface area contributed by atoms with Crippen LogP contribution in [0.1, 0.15) is 33.1 Å². The van der Waals surface area contributed by atoms with Crippen LogP contribution in [0, 0.1) is 5.41 Å². The van der Waals surface area contributed by atoms with Crippen LogP contribution in [0.5, 0.6) is 0 Å². The highest BCUT2D eigenvalue weighted by atomic mass is 32.7. The van der Waals surface area contributed by atoms with E-state index in [1.165, 1.54) is 0 Å². The third kappa shape index (κ3) is 4.89. The lowest BCUT2D eigenvalue weighted by Crippen LogP contribution is -2.39. The van der Waals surface area contributed by atoms with Gasteiger partial charge in [-0.1, -0.05) is 0 Å². The lowest BCUT2D eigenvalue weighted by atomic mass is 9.89. The zero-order chi connectivity index (χ0) is 13.7. The Hall–Kier alpha value is 0.170. The van der Waals surface area contributed by atoms with Crippen LogP contribution in [-0.4, -0.2) is 49.0 Å². The Morgan fingerprint density at radius 3 is 2.79 bits per heavy atom. The number of rotatable bonds is 0. The molecule has 3 fully saturated rings. The Balaban J connectivity index is 1.92. The van der Waals surface area contributed by atoms with Crippen LogP contribution in [-0.2, 0) is 14.1 Å². The second-order valence-electron chi connectivity index (χ2n) is 5.86. The highest BCUT2D eigenvalue weighted by Gasteiger charge is 2.30. The van der Waals surface area contributed by atoms with E-state index in [1.807, 2.05) is 13.8 Å². The molecule has 6 heteroatoms. The van der Waals surface area contributed by atoms with Crippen molar-refractivity contribution in [3.05, 3.63) is 0 Å². The van der Waals surface area contributed by atoms with Gasteiger partial charge >= 0.3 is 5.97 Å². The van der Waals surface area contributed by atoms with E-state index in [9.17, 15) is 4.79 Å². The minimum absolute atomic E-state index is 0.0655. The van der Waals surface area contributed by atoms with Gasteiger partial charge in [-0.15, -0.1) is 11.4 Å². The third-order valence-corrected chi connectivity index (χ3v) is 6.01. The van der Waals surface area contributed by atoms with Crippen molar-refractivity contribution in [1.82, 2.24) is 4.90 Å². The number of carbonyl (C=O) groups is 1. The van der Waals surface area contributed by atoms with Gasteiger partial charge in [0.15, 0.2) is 0 Å². The molecule has 0 aromatic carbocycles. The van der Waals surface area contributed by atoms with Gasteiger partial charge in [-0.3, -0.25) is 4.79 Å². The molecule has 0 aliphatic carbocycles. The van der Waals surface area contributed by atoms with E-state index >= 15 is 0 Å². The number of hydrogen-bond donors (Lipinski definition) is 0. The van der Waals surface area contributed by atoms with E-state index in [-0.39, 0.29) is 11.4 Å². The highest BCUT2D eigenvalue weighted by molar-refractivity contribution is 8.48. The van der Waals surface area contributed by atoms with Crippen LogP contribution in [0.3, 0.4) is 0 Å². The molecule has 3 saturated heterocycles. The quantitative estimate of drug-likeness (QED) is 0.508. The van der Waals surface area contributed by atoms with Gasteiger partial charge in [-0.2, -0.15) is 0 Å². The van der Waals surface area contributed by atoms with Crippen molar-refractivity contribution >= 4 is 25.4 Å². The van der Waals surface area contributed by atoms with Gasteiger partial charge in [0, 0.05) is 18.8 Å². The summed E-state index contributed by atoms with van der Waals surface area (Å²) in [6, 6.07) is 0. The van der Waals surface area contributed by atoms with E-state index in [0.717, 1.165) is 44.6 Å². The van der Waals surface area contributed by atoms with E-state index in [4.69, 9.17) is 9.26 Å². The van der Waals surface area contributed by atoms with E-state index < -0.39 is 0 Å². The summed E-state index contributed by atoms with van der Waals surface area (Å²) in [5.41, 5.74) is -0.371. The molecule has 0 saturated carbocycles. The molecule has 0 aromatic rings. The Morgan fingerprint density at radius 1 is 1.32 bits per heavy atom. The maximum atomic E-state index is 12.0. The van der Waals surface area contributed by atoms with Gasteiger partial charge in [0.25, 0.3) is 0 Å². The number of ether oxygens (including phenoxy) is 1. The number of hydrogen-bond acceptors (Lipinski definition) is 5. The van der Waals surface area contributed by atoms with Crippen LogP contribution in [0.4, 0.5) is 0 Å². The Kier molecular flexibility index (Phi) is 5.94. The molecular formula is C13H24NO3PS. The van der Waals surface area contributed by atoms with Gasteiger partial charge in [-0.25, -0.2) is 0 Å². The molecular weight excluding hydrogens is 281 g/mol. The van der Waals surface area contributed by atoms with Crippen molar-refractivity contribution in [2.75, 3.05) is 32.0 Å². The summed E-state index contributed by atoms with van der Waals surface area (Å²) in [6.45, 7) is 7.64. The topological polar surface area (TPSA) is 38.8 Å². The fraction of sp³-hybridized carbons (Fsp3) is 0.923. The molecule has 4 nitrogen and oxygen atoms in total. The minimum Gasteiger partial charge on any atom is -0.464 e. The molecule has 3 rings (SSSR count). The van der Waals surface area contributed by atoms with Crippen LogP contribution in [0.15, 0.2) is 0 Å². The van der Waals surface area contributed by atoms with Crippen molar-refractivity contribution < 1.29 is 14.1 Å². The van der Waals surface area contributed by atoms with Crippen molar-refractivity contribution in [2.24, 2.45) is 5.41 Å². The van der Waals surface area contributed by atoms with Gasteiger partial charge in [0.1, 0.15) is 6.61 Å². The van der Waals surface area contributed by atoms with Crippen LogP contribution < -0.4 is 0 Å². The first-order valence-corrected chi connectivity index (χ1v) is 9.62. The first-order valence-electron chi connectivity index (χ1n) is 7.00. The molecule has 0 aromatic heterocycles. The highest BCUT2D eigenvalue weighted by Crippen LogP contribution is 2.35. The maximum absolute atomic E-state index is 12.0. The van der Waals surface area contributed by atoms with Gasteiger partial charge in [-0.05, 0) is 39.7 Å². The lowest BCUT2D eigenvalue weighted by Gasteiger charge is -2.34. The minimum atomic E-state index is -0.371. The van der Waals surface area contributed by atoms with Crippen molar-refractivity contribution in [3.63, 3.8) is 0 Å². The second-order valence-corrected chi connectivity index (χ2v) is 8.33. The largest absolute Gasteiger partial charge is 0.464 e. The summed E-state index contributed by atoms with van der Waals surface area (Å²) in [5.74, 6) is 0.767. The van der Waals surface area contributed by atoms with E-state index in [0.29, 0.717) is 20.7 Å². The van der Waals surface area contributed by atoms with Crippen LogP contribution in [0.2, 0.25) is 0 Å². The predicted octanol–water partition coefficient (Wildman–Crippen LogP) is 2.68. The average molecular weight is 305 g/mol. The van der Waals surface area contributed by atoms with Crippen LogP contribution >= 0.6 is 19.4 Å². The normalized spacial score (nSPS) is 34.7. The number of nitrogens with zero attached hydrogens (tertiary/aromatic N) is 1. The fourth-order valence-corrected chi connectivity index (χ4v) is 4.11. The van der Waals surface area contributed by atoms with Crippen LogP contribution in [0.25, 0.3) is 0 Å². The molecule has 1 atom stereocenters. The molecule has 0 radical (unpaired) electrons. The summed E-state index contributed by atoms with van der Waals surface area (Å²) < 4.78 is 11.2. The summed E-state index contributed by atoms with van der Waals surface area (Å²) in [5, 5.41) is 0. The first kappa shape index (κ1) is 15.6. The Bertz CT molecular complexity index is 306. The smallest absolute Gasteiger partial charge is 0.311 e. The maximum Gasteiger partial charge on any atom is 0.311 e. The predicted molar refractivity (Wildman–Crippen MR) is 80.7 cm³/mol. The monoisotopic (exact) mass is 305 g/mol. The number of piperidine rings is 1. The molecule has 0 amide bonds. The summed E-state index contributed by atoms with van der Waals surface area (Å²) in [6.07, 6.45) is 3.55. The molecule has 3 aliphatic heterocycles. The zero-order valence-electron chi connectivity index (χ0n) is 11.8. The van der Waals surface area contributed by atoms with Gasteiger partial charge in [0.2, 0.25) is 0 Å². The summed E-state index contributed by atoms with van der Waals surface area (Å²) >= 11 is 1.73. The van der Waals surface area contributed by atoms with E-state index in [1.54, 1.807) is 11.4 Å². The lowest BCUT2D eigenvalue weighted by molar-refractivity contribution is -0.153. The molecule has 0 spiro atoms. The van der Waals surface area contributed by atoms with E-state index in [2.05, 4.69) is 4.90 Å². The standard InChI is InChI=1S/C13H24NO3PS/c1-13(2)5-8-14-6-3-11(4-7-14)17-18-19-10-9-16-12(13)15/h11,18H,3-10H2,1-2H3.